The second-order valence-corrected chi connectivity index (χ2v) is 2.95. The highest BCUT2D eigenvalue weighted by Gasteiger charge is 2.06. The van der Waals surface area contributed by atoms with E-state index in [9.17, 15) is 0 Å². The van der Waals surface area contributed by atoms with Crippen LogP contribution in [0, 0.1) is 0 Å². The maximum Gasteiger partial charge on any atom is 0.237 e. The fourth-order valence-corrected chi connectivity index (χ4v) is 0.991. The monoisotopic (exact) mass is 217 g/mol. The van der Waals surface area contributed by atoms with Gasteiger partial charge in [-0.15, -0.1) is 0 Å². The molecule has 14 heavy (non-hydrogen) atoms. The molecule has 0 aliphatic heterocycles. The SMILES string of the molecule is COCCCOc1ncnc(N)c1Cl. The van der Waals surface area contributed by atoms with Crippen LogP contribution in [0.5, 0.6) is 5.88 Å². The van der Waals surface area contributed by atoms with Crippen molar-refractivity contribution in [1.29, 1.82) is 0 Å². The number of anilines is 1. The molecule has 0 atom stereocenters. The molecule has 1 aromatic heterocycles. The molecule has 1 rings (SSSR count). The van der Waals surface area contributed by atoms with E-state index in [1.807, 2.05) is 0 Å². The zero-order valence-corrected chi connectivity index (χ0v) is 8.62. The predicted molar refractivity (Wildman–Crippen MR) is 53.4 cm³/mol. The van der Waals surface area contributed by atoms with Crippen LogP contribution in [0.1, 0.15) is 6.42 Å². The second kappa shape index (κ2) is 5.62. The standard InChI is InChI=1S/C8H12ClN3O2/c1-13-3-2-4-14-8-6(9)7(10)11-5-12-8/h5H,2-4H2,1H3,(H2,10,11,12). The number of aromatic nitrogens is 2. The Bertz CT molecular complexity index is 296. The third-order valence-electron chi connectivity index (χ3n) is 1.52. The summed E-state index contributed by atoms with van der Waals surface area (Å²) in [6.07, 6.45) is 2.09. The van der Waals surface area contributed by atoms with Gasteiger partial charge in [0.15, 0.2) is 0 Å². The van der Waals surface area contributed by atoms with Crippen LogP contribution in [-0.4, -0.2) is 30.3 Å². The molecule has 6 heteroatoms. The van der Waals surface area contributed by atoms with Gasteiger partial charge in [0, 0.05) is 20.1 Å². The van der Waals surface area contributed by atoms with Gasteiger partial charge < -0.3 is 15.2 Å². The van der Waals surface area contributed by atoms with Crippen molar-refractivity contribution in [2.75, 3.05) is 26.1 Å². The Balaban J connectivity index is 2.46. The Kier molecular flexibility index (Phi) is 4.42. The fraction of sp³-hybridized carbons (Fsp3) is 0.500. The number of ether oxygens (including phenoxy) is 2. The average molecular weight is 218 g/mol. The Morgan fingerprint density at radius 2 is 2.21 bits per heavy atom. The third-order valence-corrected chi connectivity index (χ3v) is 1.87. The van der Waals surface area contributed by atoms with Crippen LogP contribution in [0.3, 0.4) is 0 Å². The molecule has 0 radical (unpaired) electrons. The molecule has 0 aliphatic rings. The second-order valence-electron chi connectivity index (χ2n) is 2.57. The van der Waals surface area contributed by atoms with Crippen LogP contribution < -0.4 is 10.5 Å². The molecule has 0 saturated heterocycles. The topological polar surface area (TPSA) is 70.3 Å². The minimum absolute atomic E-state index is 0.225. The number of nitrogens with two attached hydrogens (primary N) is 1. The average Bonchev–Trinajstić information content (AvgIpc) is 2.19. The predicted octanol–water partition coefficient (Wildman–Crippen LogP) is 1.13. The lowest BCUT2D eigenvalue weighted by Gasteiger charge is -2.06. The minimum Gasteiger partial charge on any atom is -0.476 e. The Morgan fingerprint density at radius 3 is 2.93 bits per heavy atom. The number of methoxy groups -OCH3 is 1. The number of hydrogen-bond acceptors (Lipinski definition) is 5. The molecule has 0 fully saturated rings. The minimum atomic E-state index is 0.225. The van der Waals surface area contributed by atoms with Gasteiger partial charge in [-0.3, -0.25) is 0 Å². The number of nitrogens with zero attached hydrogens (tertiary/aromatic N) is 2. The van der Waals surface area contributed by atoms with Gasteiger partial charge in [0.1, 0.15) is 17.2 Å². The molecule has 2 N–H and O–H groups in total. The highest BCUT2D eigenvalue weighted by atomic mass is 35.5. The molecule has 0 aromatic carbocycles. The summed E-state index contributed by atoms with van der Waals surface area (Å²) in [6.45, 7) is 1.13. The van der Waals surface area contributed by atoms with Crippen molar-refractivity contribution < 1.29 is 9.47 Å². The van der Waals surface area contributed by atoms with Gasteiger partial charge in [-0.1, -0.05) is 11.6 Å². The van der Waals surface area contributed by atoms with E-state index in [2.05, 4.69) is 9.97 Å². The number of hydrogen-bond donors (Lipinski definition) is 1. The fourth-order valence-electron chi connectivity index (χ4n) is 0.839. The molecule has 1 aromatic rings. The maximum atomic E-state index is 5.80. The van der Waals surface area contributed by atoms with Crippen molar-refractivity contribution in [1.82, 2.24) is 9.97 Å². The zero-order chi connectivity index (χ0) is 10.4. The summed E-state index contributed by atoms with van der Waals surface area (Å²) in [5.41, 5.74) is 5.46. The van der Waals surface area contributed by atoms with E-state index in [-0.39, 0.29) is 10.8 Å². The number of rotatable bonds is 5. The summed E-state index contributed by atoms with van der Waals surface area (Å²) in [5, 5.41) is 0.255. The lowest BCUT2D eigenvalue weighted by Crippen LogP contribution is -2.04. The quantitative estimate of drug-likeness (QED) is 0.749. The van der Waals surface area contributed by atoms with E-state index in [4.69, 9.17) is 26.8 Å². The highest BCUT2D eigenvalue weighted by Crippen LogP contribution is 2.25. The number of halogens is 1. The van der Waals surface area contributed by atoms with Crippen LogP contribution in [0.2, 0.25) is 5.02 Å². The molecule has 1 heterocycles. The van der Waals surface area contributed by atoms with Crippen molar-refractivity contribution in [2.45, 2.75) is 6.42 Å². The molecule has 0 spiro atoms. The molecule has 0 aliphatic carbocycles. The van der Waals surface area contributed by atoms with Gasteiger partial charge >= 0.3 is 0 Å². The normalized spacial score (nSPS) is 10.1. The lowest BCUT2D eigenvalue weighted by molar-refractivity contribution is 0.170. The zero-order valence-electron chi connectivity index (χ0n) is 7.86. The molecule has 78 valence electrons. The maximum absolute atomic E-state index is 5.80. The van der Waals surface area contributed by atoms with Crippen molar-refractivity contribution in [3.8, 4) is 5.88 Å². The summed E-state index contributed by atoms with van der Waals surface area (Å²) in [7, 11) is 1.63. The van der Waals surface area contributed by atoms with Gasteiger partial charge in [0.25, 0.3) is 0 Å². The van der Waals surface area contributed by atoms with E-state index >= 15 is 0 Å². The summed E-state index contributed by atoms with van der Waals surface area (Å²) in [6, 6.07) is 0. The molecule has 0 saturated carbocycles. The van der Waals surface area contributed by atoms with Gasteiger partial charge in [0.2, 0.25) is 5.88 Å². The third kappa shape index (κ3) is 3.01. The van der Waals surface area contributed by atoms with E-state index in [0.29, 0.717) is 19.1 Å². The highest BCUT2D eigenvalue weighted by molar-refractivity contribution is 6.33. The van der Waals surface area contributed by atoms with Crippen LogP contribution in [0.25, 0.3) is 0 Å². The Morgan fingerprint density at radius 1 is 1.43 bits per heavy atom. The first kappa shape index (κ1) is 11.0. The van der Waals surface area contributed by atoms with Crippen molar-refractivity contribution in [3.63, 3.8) is 0 Å². The van der Waals surface area contributed by atoms with E-state index in [1.54, 1.807) is 7.11 Å². The lowest BCUT2D eigenvalue weighted by atomic mass is 10.5. The van der Waals surface area contributed by atoms with E-state index < -0.39 is 0 Å². The molecular weight excluding hydrogens is 206 g/mol. The molecular formula is C8H12ClN3O2. The molecule has 0 amide bonds. The summed E-state index contributed by atoms with van der Waals surface area (Å²) in [4.78, 5) is 7.56. The van der Waals surface area contributed by atoms with Gasteiger partial charge in [-0.25, -0.2) is 9.97 Å². The van der Waals surface area contributed by atoms with Gasteiger partial charge in [0.05, 0.1) is 6.61 Å². The molecule has 0 bridgehead atoms. The van der Waals surface area contributed by atoms with Crippen molar-refractivity contribution in [2.24, 2.45) is 0 Å². The number of nitrogen functional groups attached to an aromatic ring is 1. The van der Waals surface area contributed by atoms with Crippen LogP contribution in [0.15, 0.2) is 6.33 Å². The Hall–Kier alpha value is -1.07. The van der Waals surface area contributed by atoms with Gasteiger partial charge in [-0.05, 0) is 0 Å². The van der Waals surface area contributed by atoms with E-state index in [1.165, 1.54) is 6.33 Å². The van der Waals surface area contributed by atoms with Crippen LogP contribution >= 0.6 is 11.6 Å². The Labute approximate surface area is 87.2 Å². The first-order valence-corrected chi connectivity index (χ1v) is 4.51. The van der Waals surface area contributed by atoms with E-state index in [0.717, 1.165) is 6.42 Å². The van der Waals surface area contributed by atoms with Crippen LogP contribution in [-0.2, 0) is 4.74 Å². The molecule has 0 unspecified atom stereocenters. The van der Waals surface area contributed by atoms with Crippen molar-refractivity contribution >= 4 is 17.4 Å². The summed E-state index contributed by atoms with van der Waals surface area (Å²) < 4.78 is 10.1. The van der Waals surface area contributed by atoms with Crippen LogP contribution in [0.4, 0.5) is 5.82 Å². The van der Waals surface area contributed by atoms with Gasteiger partial charge in [-0.2, -0.15) is 0 Å². The smallest absolute Gasteiger partial charge is 0.237 e. The largest absolute Gasteiger partial charge is 0.476 e. The summed E-state index contributed by atoms with van der Waals surface area (Å²) in [5.74, 6) is 0.540. The molecule has 5 nitrogen and oxygen atoms in total. The summed E-state index contributed by atoms with van der Waals surface area (Å²) >= 11 is 5.80. The van der Waals surface area contributed by atoms with Crippen molar-refractivity contribution in [3.05, 3.63) is 11.3 Å². The first-order chi connectivity index (χ1) is 6.75. The first-order valence-electron chi connectivity index (χ1n) is 4.13.